The minimum atomic E-state index is 1.07. The molecule has 0 aliphatic heterocycles. The Morgan fingerprint density at radius 1 is 1.50 bits per heavy atom. The molecule has 2 heterocycles. The summed E-state index contributed by atoms with van der Waals surface area (Å²) in [7, 11) is 2.04. The van der Waals surface area contributed by atoms with Crippen molar-refractivity contribution in [2.45, 2.75) is 6.92 Å². The molecule has 0 bridgehead atoms. The normalized spacial score (nSPS) is 10.9. The maximum Gasteiger partial charge on any atom is 0.140 e. The molecule has 12 heavy (non-hydrogen) atoms. The van der Waals surface area contributed by atoms with Crippen molar-refractivity contribution in [2.75, 3.05) is 0 Å². The van der Waals surface area contributed by atoms with Crippen molar-refractivity contribution >= 4 is 33.6 Å². The number of halogens is 1. The van der Waals surface area contributed by atoms with Gasteiger partial charge in [0.05, 0.1) is 3.70 Å². The second kappa shape index (κ2) is 2.73. The third kappa shape index (κ3) is 1.03. The van der Waals surface area contributed by atoms with Crippen LogP contribution in [-0.4, -0.2) is 9.55 Å². The van der Waals surface area contributed by atoms with Crippen molar-refractivity contribution in [3.8, 4) is 0 Å². The summed E-state index contributed by atoms with van der Waals surface area (Å²) in [5, 5.41) is 1.25. The van der Waals surface area contributed by atoms with E-state index in [2.05, 4.69) is 45.1 Å². The average Bonchev–Trinajstić information content (AvgIpc) is 2.32. The molecule has 0 aliphatic rings. The lowest BCUT2D eigenvalue weighted by Gasteiger charge is -1.96. The van der Waals surface area contributed by atoms with Gasteiger partial charge in [0.25, 0.3) is 0 Å². The Kier molecular flexibility index (Phi) is 1.83. The molecule has 0 aliphatic carbocycles. The standard InChI is InChI=1S/C9H9IN2/c1-6-3-4-11-9-7(6)5-8(10)12(9)2/h3-5H,1-2H3. The van der Waals surface area contributed by atoms with Gasteiger partial charge in [0.15, 0.2) is 0 Å². The van der Waals surface area contributed by atoms with E-state index in [1.165, 1.54) is 14.7 Å². The third-order valence-corrected chi connectivity index (χ3v) is 3.12. The number of rotatable bonds is 0. The smallest absolute Gasteiger partial charge is 0.140 e. The van der Waals surface area contributed by atoms with E-state index in [1.54, 1.807) is 0 Å². The summed E-state index contributed by atoms with van der Waals surface area (Å²) in [6.07, 6.45) is 1.85. The Morgan fingerprint density at radius 2 is 2.25 bits per heavy atom. The van der Waals surface area contributed by atoms with Gasteiger partial charge < -0.3 is 4.57 Å². The Hall–Kier alpha value is -0.580. The number of fused-ring (bicyclic) bond motifs is 1. The van der Waals surface area contributed by atoms with Crippen LogP contribution < -0.4 is 0 Å². The number of hydrogen-bond acceptors (Lipinski definition) is 1. The topological polar surface area (TPSA) is 17.8 Å². The van der Waals surface area contributed by atoms with Crippen LogP contribution in [0.25, 0.3) is 11.0 Å². The fraction of sp³-hybridized carbons (Fsp3) is 0.222. The van der Waals surface area contributed by atoms with Crippen LogP contribution in [0.4, 0.5) is 0 Å². The van der Waals surface area contributed by atoms with Crippen LogP contribution >= 0.6 is 22.6 Å². The Morgan fingerprint density at radius 3 is 2.92 bits per heavy atom. The lowest BCUT2D eigenvalue weighted by Crippen LogP contribution is -1.91. The van der Waals surface area contributed by atoms with Gasteiger partial charge in [-0.3, -0.25) is 0 Å². The molecule has 0 saturated carbocycles. The molecule has 0 atom stereocenters. The highest BCUT2D eigenvalue weighted by Crippen LogP contribution is 2.20. The van der Waals surface area contributed by atoms with E-state index in [0.29, 0.717) is 0 Å². The highest BCUT2D eigenvalue weighted by atomic mass is 127. The van der Waals surface area contributed by atoms with Crippen LogP contribution in [0.2, 0.25) is 0 Å². The molecular formula is C9H9IN2. The summed E-state index contributed by atoms with van der Waals surface area (Å²) < 4.78 is 3.33. The molecule has 62 valence electrons. The summed E-state index contributed by atoms with van der Waals surface area (Å²) in [6, 6.07) is 4.20. The van der Waals surface area contributed by atoms with Crippen LogP contribution in [-0.2, 0) is 7.05 Å². The molecule has 0 radical (unpaired) electrons. The van der Waals surface area contributed by atoms with Gasteiger partial charge >= 0.3 is 0 Å². The van der Waals surface area contributed by atoms with Gasteiger partial charge in [-0.2, -0.15) is 0 Å². The number of pyridine rings is 1. The van der Waals surface area contributed by atoms with Crippen molar-refractivity contribution in [3.63, 3.8) is 0 Å². The summed E-state index contributed by atoms with van der Waals surface area (Å²) in [5.74, 6) is 0. The highest BCUT2D eigenvalue weighted by molar-refractivity contribution is 14.1. The van der Waals surface area contributed by atoms with Gasteiger partial charge in [-0.25, -0.2) is 4.98 Å². The number of hydrogen-bond donors (Lipinski definition) is 0. The Bertz CT molecular complexity index is 431. The zero-order valence-corrected chi connectivity index (χ0v) is 9.16. The second-order valence-electron chi connectivity index (χ2n) is 2.89. The van der Waals surface area contributed by atoms with Crippen LogP contribution in [0.1, 0.15) is 5.56 Å². The van der Waals surface area contributed by atoms with E-state index < -0.39 is 0 Å². The van der Waals surface area contributed by atoms with Crippen LogP contribution in [0.5, 0.6) is 0 Å². The van der Waals surface area contributed by atoms with Crippen molar-refractivity contribution in [1.29, 1.82) is 0 Å². The lowest BCUT2D eigenvalue weighted by atomic mass is 10.2. The first-order chi connectivity index (χ1) is 5.70. The molecule has 0 spiro atoms. The second-order valence-corrected chi connectivity index (χ2v) is 4.00. The number of nitrogens with zero attached hydrogens (tertiary/aromatic N) is 2. The molecule has 2 aromatic heterocycles. The van der Waals surface area contributed by atoms with Crippen molar-refractivity contribution in [3.05, 3.63) is 27.6 Å². The fourth-order valence-electron chi connectivity index (χ4n) is 1.32. The van der Waals surface area contributed by atoms with E-state index in [0.717, 1.165) is 5.65 Å². The number of aromatic nitrogens is 2. The predicted octanol–water partition coefficient (Wildman–Crippen LogP) is 2.49. The zero-order chi connectivity index (χ0) is 8.72. The van der Waals surface area contributed by atoms with Gasteiger partial charge in [0, 0.05) is 18.6 Å². The van der Waals surface area contributed by atoms with Gasteiger partial charge in [-0.05, 0) is 47.2 Å². The molecule has 2 aromatic rings. The van der Waals surface area contributed by atoms with Crippen molar-refractivity contribution in [1.82, 2.24) is 9.55 Å². The average molecular weight is 272 g/mol. The molecule has 0 N–H and O–H groups in total. The summed E-state index contributed by atoms with van der Waals surface area (Å²) in [4.78, 5) is 4.32. The van der Waals surface area contributed by atoms with Gasteiger partial charge in [-0.1, -0.05) is 0 Å². The maximum atomic E-state index is 4.32. The van der Waals surface area contributed by atoms with Crippen LogP contribution in [0.15, 0.2) is 18.3 Å². The molecule has 0 unspecified atom stereocenters. The van der Waals surface area contributed by atoms with Gasteiger partial charge in [0.1, 0.15) is 5.65 Å². The number of aryl methyl sites for hydroxylation is 2. The molecule has 2 nitrogen and oxygen atoms in total. The van der Waals surface area contributed by atoms with Gasteiger partial charge in [-0.15, -0.1) is 0 Å². The van der Waals surface area contributed by atoms with E-state index in [9.17, 15) is 0 Å². The van der Waals surface area contributed by atoms with Gasteiger partial charge in [0.2, 0.25) is 0 Å². The van der Waals surface area contributed by atoms with Crippen LogP contribution in [0.3, 0.4) is 0 Å². The van der Waals surface area contributed by atoms with Crippen molar-refractivity contribution in [2.24, 2.45) is 7.05 Å². The van der Waals surface area contributed by atoms with Crippen LogP contribution in [0, 0.1) is 10.6 Å². The fourth-order valence-corrected chi connectivity index (χ4v) is 1.86. The minimum absolute atomic E-state index is 1.07. The van der Waals surface area contributed by atoms with E-state index in [1.807, 2.05) is 19.3 Å². The molecule has 3 heteroatoms. The Labute approximate surface area is 84.7 Å². The van der Waals surface area contributed by atoms with Crippen molar-refractivity contribution < 1.29 is 0 Å². The van der Waals surface area contributed by atoms with E-state index in [-0.39, 0.29) is 0 Å². The lowest BCUT2D eigenvalue weighted by molar-refractivity contribution is 0.919. The first kappa shape index (κ1) is 8.04. The summed E-state index contributed by atoms with van der Waals surface area (Å²) in [6.45, 7) is 2.11. The van der Waals surface area contributed by atoms with E-state index >= 15 is 0 Å². The molecule has 2 rings (SSSR count). The monoisotopic (exact) mass is 272 g/mol. The highest BCUT2D eigenvalue weighted by Gasteiger charge is 2.04. The SMILES string of the molecule is Cc1ccnc2c1cc(I)n2C. The molecule has 0 aromatic carbocycles. The molecule has 0 saturated heterocycles. The predicted molar refractivity (Wildman–Crippen MR) is 58.2 cm³/mol. The largest absolute Gasteiger partial charge is 0.324 e. The summed E-state index contributed by atoms with van der Waals surface area (Å²) in [5.41, 5.74) is 2.36. The van der Waals surface area contributed by atoms with E-state index in [4.69, 9.17) is 0 Å². The third-order valence-electron chi connectivity index (χ3n) is 2.09. The first-order valence-corrected chi connectivity index (χ1v) is 4.84. The summed E-state index contributed by atoms with van der Waals surface area (Å²) >= 11 is 2.32. The quantitative estimate of drug-likeness (QED) is 0.674. The molecule has 0 amide bonds. The molecule has 0 fully saturated rings. The Balaban J connectivity index is 2.95. The molecular weight excluding hydrogens is 263 g/mol. The first-order valence-electron chi connectivity index (χ1n) is 3.76. The minimum Gasteiger partial charge on any atom is -0.324 e. The zero-order valence-electron chi connectivity index (χ0n) is 7.00. The maximum absolute atomic E-state index is 4.32.